The van der Waals surface area contributed by atoms with Crippen LogP contribution in [-0.2, 0) is 6.54 Å². The van der Waals surface area contributed by atoms with E-state index in [9.17, 15) is 4.79 Å². The van der Waals surface area contributed by atoms with Crippen molar-refractivity contribution in [2.45, 2.75) is 19.5 Å². The predicted molar refractivity (Wildman–Crippen MR) is 131 cm³/mol. The number of hydrogen-bond acceptors (Lipinski definition) is 2. The Bertz CT molecular complexity index is 1270. The van der Waals surface area contributed by atoms with Crippen LogP contribution in [0, 0.1) is 0 Å². The first-order valence-electron chi connectivity index (χ1n) is 11.0. The molecule has 0 unspecified atom stereocenters. The Morgan fingerprint density at radius 1 is 1.00 bits per heavy atom. The van der Waals surface area contributed by atoms with E-state index in [0.717, 1.165) is 28.3 Å². The standard InChI is InChI=1S/C27H24ClN3O2/c1-2-33-23-15-9-19(10-16-23)26-25-8-5-17-30(25)24-7-4-3-6-20(24)18-31(26)27(32)29-22-13-11-21(28)12-14-22/h3-17,26H,2,18H2,1H3,(H,29,32)/t26-/m0/s1. The number of hydrogen-bond donors (Lipinski definition) is 1. The summed E-state index contributed by atoms with van der Waals surface area (Å²) in [5.41, 5.74) is 4.89. The third-order valence-corrected chi connectivity index (χ3v) is 6.08. The fraction of sp³-hybridized carbons (Fsp3) is 0.148. The summed E-state index contributed by atoms with van der Waals surface area (Å²) < 4.78 is 7.80. The van der Waals surface area contributed by atoms with E-state index in [1.165, 1.54) is 0 Å². The van der Waals surface area contributed by atoms with Gasteiger partial charge in [-0.3, -0.25) is 0 Å². The molecule has 1 atom stereocenters. The lowest BCUT2D eigenvalue weighted by Gasteiger charge is -2.31. The molecule has 4 aromatic rings. The summed E-state index contributed by atoms with van der Waals surface area (Å²) in [6, 6.07) is 27.0. The molecule has 5 nitrogen and oxygen atoms in total. The second-order valence-electron chi connectivity index (χ2n) is 7.90. The van der Waals surface area contributed by atoms with Crippen molar-refractivity contribution >= 4 is 23.3 Å². The molecule has 2 amide bonds. The number of carbonyl (C=O) groups is 1. The Labute approximate surface area is 198 Å². The highest BCUT2D eigenvalue weighted by atomic mass is 35.5. The maximum absolute atomic E-state index is 13.6. The Kier molecular flexibility index (Phi) is 5.80. The number of benzene rings is 3. The highest BCUT2D eigenvalue weighted by Crippen LogP contribution is 2.37. The average molecular weight is 458 g/mol. The summed E-state index contributed by atoms with van der Waals surface area (Å²) in [5.74, 6) is 0.811. The topological polar surface area (TPSA) is 46.5 Å². The molecule has 0 bridgehead atoms. The van der Waals surface area contributed by atoms with Crippen LogP contribution in [0.4, 0.5) is 10.5 Å². The minimum Gasteiger partial charge on any atom is -0.494 e. The summed E-state index contributed by atoms with van der Waals surface area (Å²) in [6.07, 6.45) is 2.05. The highest BCUT2D eigenvalue weighted by Gasteiger charge is 2.33. The van der Waals surface area contributed by atoms with Crippen LogP contribution < -0.4 is 10.1 Å². The molecule has 5 rings (SSSR count). The molecule has 0 saturated heterocycles. The van der Waals surface area contributed by atoms with Gasteiger partial charge in [0.1, 0.15) is 5.75 Å². The molecule has 0 saturated carbocycles. The molecular formula is C27H24ClN3O2. The Hall–Kier alpha value is -3.70. The van der Waals surface area contributed by atoms with E-state index in [1.807, 2.05) is 54.3 Å². The lowest BCUT2D eigenvalue weighted by atomic mass is 10.0. The van der Waals surface area contributed by atoms with Gasteiger partial charge < -0.3 is 19.5 Å². The van der Waals surface area contributed by atoms with Gasteiger partial charge in [0.25, 0.3) is 0 Å². The van der Waals surface area contributed by atoms with Crippen LogP contribution in [0.15, 0.2) is 91.1 Å². The lowest BCUT2D eigenvalue weighted by Crippen LogP contribution is -2.37. The monoisotopic (exact) mass is 457 g/mol. The number of ether oxygens (including phenoxy) is 1. The van der Waals surface area contributed by atoms with Crippen LogP contribution in [0.2, 0.25) is 5.02 Å². The number of fused-ring (bicyclic) bond motifs is 3. The molecule has 166 valence electrons. The molecule has 3 aromatic carbocycles. The van der Waals surface area contributed by atoms with Crippen LogP contribution in [0.1, 0.15) is 29.8 Å². The Morgan fingerprint density at radius 2 is 1.76 bits per heavy atom. The van der Waals surface area contributed by atoms with Crippen molar-refractivity contribution in [3.63, 3.8) is 0 Å². The molecule has 0 spiro atoms. The Morgan fingerprint density at radius 3 is 2.52 bits per heavy atom. The summed E-state index contributed by atoms with van der Waals surface area (Å²) in [4.78, 5) is 15.5. The zero-order chi connectivity index (χ0) is 22.8. The number of carbonyl (C=O) groups excluding carboxylic acids is 1. The first-order chi connectivity index (χ1) is 16.1. The SMILES string of the molecule is CCOc1ccc([C@H]2c3cccn3-c3ccccc3CN2C(=O)Nc2ccc(Cl)cc2)cc1. The number of nitrogens with one attached hydrogen (secondary N) is 1. The first kappa shape index (κ1) is 21.2. The first-order valence-corrected chi connectivity index (χ1v) is 11.3. The van der Waals surface area contributed by atoms with Crippen molar-refractivity contribution in [3.8, 4) is 11.4 Å². The van der Waals surface area contributed by atoms with Gasteiger partial charge in [-0.1, -0.05) is 41.9 Å². The number of nitrogens with zero attached hydrogens (tertiary/aromatic N) is 2. The van der Waals surface area contributed by atoms with Gasteiger partial charge in [-0.2, -0.15) is 0 Å². The second kappa shape index (κ2) is 9.04. The Balaban J connectivity index is 1.59. The van der Waals surface area contributed by atoms with Gasteiger partial charge in [0.2, 0.25) is 0 Å². The van der Waals surface area contributed by atoms with Gasteiger partial charge in [0.05, 0.1) is 24.9 Å². The van der Waals surface area contributed by atoms with Gasteiger partial charge in [-0.25, -0.2) is 4.79 Å². The van der Waals surface area contributed by atoms with E-state index in [-0.39, 0.29) is 12.1 Å². The number of amides is 2. The van der Waals surface area contributed by atoms with Crippen molar-refractivity contribution in [2.75, 3.05) is 11.9 Å². The highest BCUT2D eigenvalue weighted by molar-refractivity contribution is 6.30. The van der Waals surface area contributed by atoms with E-state index < -0.39 is 0 Å². The van der Waals surface area contributed by atoms with E-state index >= 15 is 0 Å². The van der Waals surface area contributed by atoms with Crippen LogP contribution in [0.3, 0.4) is 0 Å². The molecule has 1 aliphatic rings. The lowest BCUT2D eigenvalue weighted by molar-refractivity contribution is 0.194. The van der Waals surface area contributed by atoms with Gasteiger partial charge in [-0.05, 0) is 72.6 Å². The van der Waals surface area contributed by atoms with Crippen molar-refractivity contribution < 1.29 is 9.53 Å². The number of para-hydroxylation sites is 1. The van der Waals surface area contributed by atoms with Crippen molar-refractivity contribution in [1.82, 2.24) is 9.47 Å². The van der Waals surface area contributed by atoms with E-state index in [1.54, 1.807) is 24.3 Å². The molecule has 0 aliphatic carbocycles. The fourth-order valence-electron chi connectivity index (χ4n) is 4.33. The van der Waals surface area contributed by atoms with Gasteiger partial charge in [-0.15, -0.1) is 0 Å². The fourth-order valence-corrected chi connectivity index (χ4v) is 4.46. The third-order valence-electron chi connectivity index (χ3n) is 5.83. The zero-order valence-electron chi connectivity index (χ0n) is 18.2. The normalized spacial score (nSPS) is 14.7. The zero-order valence-corrected chi connectivity index (χ0v) is 19.0. The third kappa shape index (κ3) is 4.20. The summed E-state index contributed by atoms with van der Waals surface area (Å²) in [5, 5.41) is 3.67. The van der Waals surface area contributed by atoms with E-state index in [0.29, 0.717) is 23.9 Å². The van der Waals surface area contributed by atoms with Crippen molar-refractivity contribution in [1.29, 1.82) is 0 Å². The van der Waals surface area contributed by atoms with E-state index in [4.69, 9.17) is 16.3 Å². The summed E-state index contributed by atoms with van der Waals surface area (Å²) in [6.45, 7) is 3.04. The average Bonchev–Trinajstić information content (AvgIpc) is 3.26. The number of anilines is 1. The number of halogens is 1. The maximum Gasteiger partial charge on any atom is 0.322 e. The molecule has 6 heteroatoms. The van der Waals surface area contributed by atoms with Crippen LogP contribution in [0.25, 0.3) is 5.69 Å². The molecule has 1 aliphatic heterocycles. The number of aromatic nitrogens is 1. The van der Waals surface area contributed by atoms with Gasteiger partial charge in [0, 0.05) is 22.6 Å². The van der Waals surface area contributed by atoms with Crippen molar-refractivity contribution in [2.24, 2.45) is 0 Å². The van der Waals surface area contributed by atoms with Crippen molar-refractivity contribution in [3.05, 3.63) is 113 Å². The predicted octanol–water partition coefficient (Wildman–Crippen LogP) is 6.67. The second-order valence-corrected chi connectivity index (χ2v) is 8.34. The largest absolute Gasteiger partial charge is 0.494 e. The number of rotatable bonds is 4. The van der Waals surface area contributed by atoms with Gasteiger partial charge in [0.15, 0.2) is 0 Å². The minimum absolute atomic E-state index is 0.180. The number of urea groups is 1. The molecule has 1 aromatic heterocycles. The van der Waals surface area contributed by atoms with Gasteiger partial charge >= 0.3 is 6.03 Å². The summed E-state index contributed by atoms with van der Waals surface area (Å²) in [7, 11) is 0. The van der Waals surface area contributed by atoms with Crippen LogP contribution in [0.5, 0.6) is 5.75 Å². The molecule has 0 radical (unpaired) electrons. The quantitative estimate of drug-likeness (QED) is 0.372. The smallest absolute Gasteiger partial charge is 0.322 e. The molecule has 2 heterocycles. The molecular weight excluding hydrogens is 434 g/mol. The molecule has 0 fully saturated rings. The maximum atomic E-state index is 13.6. The molecule has 1 N–H and O–H groups in total. The minimum atomic E-state index is -0.282. The summed E-state index contributed by atoms with van der Waals surface area (Å²) >= 11 is 6.02. The molecule has 33 heavy (non-hydrogen) atoms. The van der Waals surface area contributed by atoms with Crippen LogP contribution >= 0.6 is 11.6 Å². The van der Waals surface area contributed by atoms with E-state index in [2.05, 4.69) is 34.3 Å². The van der Waals surface area contributed by atoms with Crippen LogP contribution in [-0.4, -0.2) is 22.1 Å².